The fourth-order valence-electron chi connectivity index (χ4n) is 1.19. The van der Waals surface area contributed by atoms with Gasteiger partial charge in [0.15, 0.2) is 11.6 Å². The van der Waals surface area contributed by atoms with E-state index in [1.807, 2.05) is 0 Å². The number of carbonyl (C=O) groups is 1. The molecular weight excluding hydrogens is 195 g/mol. The molecule has 0 bridgehead atoms. The van der Waals surface area contributed by atoms with Crippen LogP contribution in [0.1, 0.15) is 18.4 Å². The molecule has 15 heavy (non-hydrogen) atoms. The fourth-order valence-corrected chi connectivity index (χ4v) is 1.19. The van der Waals surface area contributed by atoms with Crippen LogP contribution in [0.4, 0.5) is 4.39 Å². The summed E-state index contributed by atoms with van der Waals surface area (Å²) in [5.41, 5.74) is 0.472. The van der Waals surface area contributed by atoms with Crippen molar-refractivity contribution in [1.29, 1.82) is 0 Å². The van der Waals surface area contributed by atoms with Gasteiger partial charge in [0.2, 0.25) is 0 Å². The van der Waals surface area contributed by atoms with E-state index in [0.29, 0.717) is 18.4 Å². The third kappa shape index (κ3) is 3.20. The molecule has 0 saturated carbocycles. The van der Waals surface area contributed by atoms with Crippen molar-refractivity contribution in [1.82, 2.24) is 0 Å². The molecule has 0 unspecified atom stereocenters. The summed E-state index contributed by atoms with van der Waals surface area (Å²) in [5.74, 6) is -0.144. The largest absolute Gasteiger partial charge is 0.494 e. The first-order valence-corrected chi connectivity index (χ1v) is 4.72. The SMILES string of the molecule is COc1cccc(/C=C/CCC=O)c1F. The van der Waals surface area contributed by atoms with Crippen LogP contribution in [0.25, 0.3) is 6.08 Å². The van der Waals surface area contributed by atoms with E-state index in [9.17, 15) is 9.18 Å². The molecule has 0 aliphatic carbocycles. The Morgan fingerprint density at radius 1 is 1.40 bits per heavy atom. The van der Waals surface area contributed by atoms with Crippen LogP contribution < -0.4 is 4.74 Å². The third-order valence-corrected chi connectivity index (χ3v) is 1.96. The van der Waals surface area contributed by atoms with E-state index in [2.05, 4.69) is 0 Å². The first kappa shape index (κ1) is 11.4. The standard InChI is InChI=1S/C12H13FO2/c1-15-11-8-5-7-10(12(11)13)6-3-2-4-9-14/h3,5-9H,2,4H2,1H3/b6-3+. The normalized spacial score (nSPS) is 10.5. The minimum Gasteiger partial charge on any atom is -0.494 e. The number of benzene rings is 1. The average molecular weight is 208 g/mol. The highest BCUT2D eigenvalue weighted by Gasteiger charge is 2.04. The van der Waals surface area contributed by atoms with Crippen LogP contribution in [0.15, 0.2) is 24.3 Å². The number of ether oxygens (including phenoxy) is 1. The van der Waals surface area contributed by atoms with Gasteiger partial charge in [0.1, 0.15) is 6.29 Å². The molecule has 0 aliphatic heterocycles. The molecule has 1 aromatic carbocycles. The second-order valence-electron chi connectivity index (χ2n) is 3.01. The smallest absolute Gasteiger partial charge is 0.172 e. The topological polar surface area (TPSA) is 26.3 Å². The molecule has 80 valence electrons. The van der Waals surface area contributed by atoms with Crippen molar-refractivity contribution in [3.63, 3.8) is 0 Å². The summed E-state index contributed by atoms with van der Waals surface area (Å²) in [5, 5.41) is 0. The molecule has 1 aromatic rings. The van der Waals surface area contributed by atoms with Crippen molar-refractivity contribution in [2.45, 2.75) is 12.8 Å². The molecule has 0 aromatic heterocycles. The summed E-state index contributed by atoms with van der Waals surface area (Å²) in [6.45, 7) is 0. The minimum absolute atomic E-state index is 0.229. The van der Waals surface area contributed by atoms with Gasteiger partial charge in [0.05, 0.1) is 7.11 Å². The second-order valence-corrected chi connectivity index (χ2v) is 3.01. The summed E-state index contributed by atoms with van der Waals surface area (Å²) in [7, 11) is 1.43. The molecule has 1 rings (SSSR count). The maximum absolute atomic E-state index is 13.5. The molecule has 2 nitrogen and oxygen atoms in total. The highest BCUT2D eigenvalue weighted by atomic mass is 19.1. The zero-order valence-corrected chi connectivity index (χ0v) is 8.57. The summed E-state index contributed by atoms with van der Waals surface area (Å²) in [4.78, 5) is 10.1. The lowest BCUT2D eigenvalue weighted by Crippen LogP contribution is -1.90. The lowest BCUT2D eigenvalue weighted by atomic mass is 10.1. The predicted octanol–water partition coefficient (Wildman–Crippen LogP) is 2.83. The zero-order valence-electron chi connectivity index (χ0n) is 8.57. The van der Waals surface area contributed by atoms with Crippen molar-refractivity contribution in [2.24, 2.45) is 0 Å². The maximum atomic E-state index is 13.5. The number of methoxy groups -OCH3 is 1. The predicted molar refractivity (Wildman–Crippen MR) is 57.3 cm³/mol. The van der Waals surface area contributed by atoms with Gasteiger partial charge in [-0.15, -0.1) is 0 Å². The van der Waals surface area contributed by atoms with Crippen LogP contribution in [-0.2, 0) is 4.79 Å². The first-order valence-electron chi connectivity index (χ1n) is 4.72. The van der Waals surface area contributed by atoms with Crippen molar-refractivity contribution in [3.05, 3.63) is 35.7 Å². The number of hydrogen-bond acceptors (Lipinski definition) is 2. The van der Waals surface area contributed by atoms with Crippen molar-refractivity contribution >= 4 is 12.4 Å². The molecule has 0 N–H and O–H groups in total. The number of rotatable bonds is 5. The first-order chi connectivity index (χ1) is 7.29. The van der Waals surface area contributed by atoms with Gasteiger partial charge in [0, 0.05) is 12.0 Å². The molecule has 0 radical (unpaired) electrons. The monoisotopic (exact) mass is 208 g/mol. The lowest BCUT2D eigenvalue weighted by Gasteiger charge is -2.03. The fraction of sp³-hybridized carbons (Fsp3) is 0.250. The van der Waals surface area contributed by atoms with E-state index in [-0.39, 0.29) is 11.6 Å². The third-order valence-electron chi connectivity index (χ3n) is 1.96. The van der Waals surface area contributed by atoms with E-state index in [1.165, 1.54) is 7.11 Å². The van der Waals surface area contributed by atoms with Crippen LogP contribution >= 0.6 is 0 Å². The van der Waals surface area contributed by atoms with E-state index in [4.69, 9.17) is 4.74 Å². The maximum Gasteiger partial charge on any atom is 0.172 e. The Morgan fingerprint density at radius 3 is 2.87 bits per heavy atom. The van der Waals surface area contributed by atoms with Crippen LogP contribution in [0, 0.1) is 5.82 Å². The number of unbranched alkanes of at least 4 members (excludes halogenated alkanes) is 1. The van der Waals surface area contributed by atoms with E-state index < -0.39 is 0 Å². The van der Waals surface area contributed by atoms with Crippen LogP contribution in [0.3, 0.4) is 0 Å². The molecule has 0 fully saturated rings. The van der Waals surface area contributed by atoms with Gasteiger partial charge >= 0.3 is 0 Å². The quantitative estimate of drug-likeness (QED) is 0.549. The zero-order chi connectivity index (χ0) is 11.1. The number of halogens is 1. The van der Waals surface area contributed by atoms with Gasteiger partial charge in [-0.25, -0.2) is 4.39 Å². The highest BCUT2D eigenvalue weighted by Crippen LogP contribution is 2.20. The van der Waals surface area contributed by atoms with Crippen molar-refractivity contribution in [3.8, 4) is 5.75 Å². The molecular formula is C12H13FO2. The van der Waals surface area contributed by atoms with Crippen LogP contribution in [0.5, 0.6) is 5.75 Å². The van der Waals surface area contributed by atoms with Crippen LogP contribution in [0.2, 0.25) is 0 Å². The average Bonchev–Trinajstić information content (AvgIpc) is 2.26. The van der Waals surface area contributed by atoms with Crippen LogP contribution in [-0.4, -0.2) is 13.4 Å². The molecule has 0 aliphatic rings. The molecule has 0 amide bonds. The Hall–Kier alpha value is -1.64. The van der Waals surface area contributed by atoms with Gasteiger partial charge in [0.25, 0.3) is 0 Å². The van der Waals surface area contributed by atoms with Gasteiger partial charge < -0.3 is 9.53 Å². The Bertz CT molecular complexity index is 359. The summed E-state index contributed by atoms with van der Waals surface area (Å²) >= 11 is 0. The Morgan fingerprint density at radius 2 is 2.20 bits per heavy atom. The number of carbonyl (C=O) groups excluding carboxylic acids is 1. The van der Waals surface area contributed by atoms with Gasteiger partial charge in [-0.1, -0.05) is 24.3 Å². The summed E-state index contributed by atoms with van der Waals surface area (Å²) in [6.07, 6.45) is 5.35. The Labute approximate surface area is 88.4 Å². The Balaban J connectivity index is 2.76. The molecule has 0 heterocycles. The number of allylic oxidation sites excluding steroid dienone is 1. The van der Waals surface area contributed by atoms with Crippen molar-refractivity contribution in [2.75, 3.05) is 7.11 Å². The molecule has 0 atom stereocenters. The molecule has 3 heteroatoms. The number of aldehydes is 1. The summed E-state index contributed by atoms with van der Waals surface area (Å²) < 4.78 is 18.4. The van der Waals surface area contributed by atoms with Gasteiger partial charge in [-0.05, 0) is 12.5 Å². The second kappa shape index (κ2) is 5.96. The van der Waals surface area contributed by atoms with E-state index >= 15 is 0 Å². The Kier molecular flexibility index (Phi) is 4.54. The van der Waals surface area contributed by atoms with Crippen molar-refractivity contribution < 1.29 is 13.9 Å². The highest BCUT2D eigenvalue weighted by molar-refractivity contribution is 5.54. The molecule has 0 saturated heterocycles. The van der Waals surface area contributed by atoms with E-state index in [0.717, 1.165) is 6.29 Å². The van der Waals surface area contributed by atoms with E-state index in [1.54, 1.807) is 30.4 Å². The molecule has 0 spiro atoms. The van der Waals surface area contributed by atoms with Gasteiger partial charge in [-0.2, -0.15) is 0 Å². The van der Waals surface area contributed by atoms with Gasteiger partial charge in [-0.3, -0.25) is 0 Å². The minimum atomic E-state index is -0.373. The lowest BCUT2D eigenvalue weighted by molar-refractivity contribution is -0.107. The number of hydrogen-bond donors (Lipinski definition) is 0. The summed E-state index contributed by atoms with van der Waals surface area (Å²) in [6, 6.07) is 4.95.